The molecule has 0 radical (unpaired) electrons. The van der Waals surface area contributed by atoms with Crippen LogP contribution >= 0.6 is 11.6 Å². The van der Waals surface area contributed by atoms with E-state index in [1.54, 1.807) is 5.32 Å². The molecule has 0 aromatic heterocycles. The number of hydrogen-bond donors (Lipinski definition) is 3. The number of fused-ring (bicyclic) bond motifs is 1. The van der Waals surface area contributed by atoms with Crippen molar-refractivity contribution in [3.63, 3.8) is 0 Å². The molecule has 0 aliphatic carbocycles. The first-order chi connectivity index (χ1) is 14.2. The summed E-state index contributed by atoms with van der Waals surface area (Å²) in [6.45, 7) is 2.77. The Bertz CT molecular complexity index is 933. The lowest BCUT2D eigenvalue weighted by molar-refractivity contribution is -0.149. The highest BCUT2D eigenvalue weighted by atomic mass is 35.5. The molecule has 1 atom stereocenters. The quantitative estimate of drug-likeness (QED) is 0.598. The lowest BCUT2D eigenvalue weighted by atomic mass is 10.0. The second kappa shape index (κ2) is 9.22. The molecule has 0 bridgehead atoms. The number of halogens is 5. The van der Waals surface area contributed by atoms with Crippen LogP contribution in [-0.2, 0) is 19.4 Å². The van der Waals surface area contributed by atoms with Crippen LogP contribution in [0.1, 0.15) is 34.0 Å². The second-order valence-electron chi connectivity index (χ2n) is 7.21. The predicted octanol–water partition coefficient (Wildman–Crippen LogP) is 4.46. The molecular formula is C21H22ClF4N3O. The van der Waals surface area contributed by atoms with Gasteiger partial charge in [-0.2, -0.15) is 13.2 Å². The highest BCUT2D eigenvalue weighted by Crippen LogP contribution is 2.31. The third kappa shape index (κ3) is 5.23. The Morgan fingerprint density at radius 2 is 1.93 bits per heavy atom. The molecule has 0 unspecified atom stereocenters. The van der Waals surface area contributed by atoms with Crippen molar-refractivity contribution >= 4 is 23.2 Å². The topological polar surface area (TPSA) is 53.2 Å². The van der Waals surface area contributed by atoms with Crippen molar-refractivity contribution in [2.75, 3.05) is 18.4 Å². The lowest BCUT2D eigenvalue weighted by Crippen LogP contribution is -2.43. The van der Waals surface area contributed by atoms with E-state index in [0.29, 0.717) is 10.6 Å². The largest absolute Gasteiger partial charge is 0.408 e. The predicted molar refractivity (Wildman–Crippen MR) is 108 cm³/mol. The Hall–Kier alpha value is -2.32. The van der Waals surface area contributed by atoms with Gasteiger partial charge in [0.05, 0.1) is 16.3 Å². The zero-order valence-electron chi connectivity index (χ0n) is 16.3. The Balaban J connectivity index is 1.72. The van der Waals surface area contributed by atoms with E-state index >= 15 is 0 Å². The molecule has 3 rings (SSSR count). The number of carbonyl (C=O) groups is 1. The highest BCUT2D eigenvalue weighted by Gasteiger charge is 2.37. The van der Waals surface area contributed by atoms with E-state index in [0.717, 1.165) is 50.2 Å². The van der Waals surface area contributed by atoms with Crippen molar-refractivity contribution in [1.29, 1.82) is 0 Å². The monoisotopic (exact) mass is 443 g/mol. The van der Waals surface area contributed by atoms with Crippen LogP contribution in [0.2, 0.25) is 5.02 Å². The average molecular weight is 444 g/mol. The van der Waals surface area contributed by atoms with Gasteiger partial charge in [0, 0.05) is 6.54 Å². The highest BCUT2D eigenvalue weighted by molar-refractivity contribution is 6.33. The summed E-state index contributed by atoms with van der Waals surface area (Å²) in [5, 5.41) is 8.89. The van der Waals surface area contributed by atoms with Gasteiger partial charge in [-0.25, -0.2) is 4.39 Å². The Morgan fingerprint density at radius 1 is 1.20 bits per heavy atom. The summed E-state index contributed by atoms with van der Waals surface area (Å²) in [6, 6.07) is 5.57. The summed E-state index contributed by atoms with van der Waals surface area (Å²) in [5.74, 6) is -2.00. The number of rotatable bonds is 5. The molecule has 30 heavy (non-hydrogen) atoms. The van der Waals surface area contributed by atoms with Crippen LogP contribution in [0.4, 0.5) is 23.2 Å². The normalized spacial score (nSPS) is 15.1. The fourth-order valence-electron chi connectivity index (χ4n) is 3.33. The van der Waals surface area contributed by atoms with Crippen molar-refractivity contribution in [2.24, 2.45) is 0 Å². The van der Waals surface area contributed by atoms with Gasteiger partial charge in [0.15, 0.2) is 0 Å². The van der Waals surface area contributed by atoms with Crippen LogP contribution in [0.15, 0.2) is 30.3 Å². The molecule has 1 heterocycles. The number of nitrogens with one attached hydrogen (secondary N) is 3. The van der Waals surface area contributed by atoms with Gasteiger partial charge in [-0.3, -0.25) is 4.79 Å². The number of carbonyl (C=O) groups excluding carboxylic acids is 1. The van der Waals surface area contributed by atoms with Crippen LogP contribution in [0.3, 0.4) is 0 Å². The molecule has 3 N–H and O–H groups in total. The van der Waals surface area contributed by atoms with E-state index in [4.69, 9.17) is 11.6 Å². The summed E-state index contributed by atoms with van der Waals surface area (Å²) in [4.78, 5) is 12.0. The summed E-state index contributed by atoms with van der Waals surface area (Å²) < 4.78 is 52.2. The van der Waals surface area contributed by atoms with Gasteiger partial charge in [0.25, 0.3) is 5.91 Å². The first-order valence-corrected chi connectivity index (χ1v) is 9.95. The van der Waals surface area contributed by atoms with Crippen LogP contribution in [0, 0.1) is 5.82 Å². The third-order valence-corrected chi connectivity index (χ3v) is 5.38. The first-order valence-electron chi connectivity index (χ1n) is 9.57. The smallest absolute Gasteiger partial charge is 0.380 e. The molecule has 0 fully saturated rings. The average Bonchev–Trinajstić information content (AvgIpc) is 2.92. The van der Waals surface area contributed by atoms with E-state index < -0.39 is 29.5 Å². The molecule has 1 aliphatic heterocycles. The van der Waals surface area contributed by atoms with E-state index in [1.165, 1.54) is 17.7 Å². The molecule has 0 spiro atoms. The van der Waals surface area contributed by atoms with Crippen molar-refractivity contribution in [3.8, 4) is 0 Å². The van der Waals surface area contributed by atoms with E-state index in [9.17, 15) is 22.4 Å². The van der Waals surface area contributed by atoms with E-state index in [1.807, 2.05) is 12.1 Å². The van der Waals surface area contributed by atoms with E-state index in [2.05, 4.69) is 10.6 Å². The number of benzene rings is 2. The Labute approximate surface area is 177 Å². The van der Waals surface area contributed by atoms with Gasteiger partial charge in [-0.15, -0.1) is 0 Å². The third-order valence-electron chi connectivity index (χ3n) is 5.07. The van der Waals surface area contributed by atoms with Gasteiger partial charge in [0.1, 0.15) is 11.9 Å². The zero-order chi connectivity index (χ0) is 21.9. The van der Waals surface area contributed by atoms with Crippen molar-refractivity contribution < 1.29 is 22.4 Å². The molecule has 0 saturated heterocycles. The fraction of sp³-hybridized carbons (Fsp3) is 0.381. The number of alkyl halides is 3. The maximum Gasteiger partial charge on any atom is 0.408 e. The lowest BCUT2D eigenvalue weighted by Gasteiger charge is -2.18. The van der Waals surface area contributed by atoms with Gasteiger partial charge in [-0.1, -0.05) is 23.7 Å². The number of hydrogen-bond acceptors (Lipinski definition) is 3. The van der Waals surface area contributed by atoms with Crippen molar-refractivity contribution in [2.45, 2.75) is 38.5 Å². The molecule has 2 aromatic rings. The summed E-state index contributed by atoms with van der Waals surface area (Å²) in [6.07, 6.45) is -2.91. The molecule has 2 aromatic carbocycles. The maximum absolute atomic E-state index is 14.4. The molecule has 1 aliphatic rings. The van der Waals surface area contributed by atoms with Gasteiger partial charge >= 0.3 is 6.18 Å². The summed E-state index contributed by atoms with van der Waals surface area (Å²) in [7, 11) is 0. The summed E-state index contributed by atoms with van der Waals surface area (Å²) >= 11 is 6.36. The summed E-state index contributed by atoms with van der Waals surface area (Å²) in [5.41, 5.74) is 3.20. The molecule has 9 heteroatoms. The van der Waals surface area contributed by atoms with Crippen LogP contribution in [0.25, 0.3) is 0 Å². The molecule has 4 nitrogen and oxygen atoms in total. The second-order valence-corrected chi connectivity index (χ2v) is 7.62. The van der Waals surface area contributed by atoms with Gasteiger partial charge in [-0.05, 0) is 67.7 Å². The van der Waals surface area contributed by atoms with Gasteiger partial charge in [0.2, 0.25) is 0 Å². The molecule has 0 saturated carbocycles. The zero-order valence-corrected chi connectivity index (χ0v) is 17.1. The molecule has 162 valence electrons. The number of amides is 1. The maximum atomic E-state index is 14.4. The van der Waals surface area contributed by atoms with Crippen LogP contribution in [-0.4, -0.2) is 31.2 Å². The van der Waals surface area contributed by atoms with Crippen molar-refractivity contribution in [1.82, 2.24) is 10.6 Å². The van der Waals surface area contributed by atoms with Crippen LogP contribution in [0.5, 0.6) is 0 Å². The van der Waals surface area contributed by atoms with Crippen LogP contribution < -0.4 is 16.0 Å². The SMILES string of the molecule is C[C@@H](NC(=O)c1ccc(CNc2c(Cl)ccc3c2CCNCC3)cc1F)C(F)(F)F. The standard InChI is InChI=1S/C21H22ClF4N3O/c1-12(21(24,25)26)29-20(30)16-4-2-13(10-18(16)23)11-28-19-15-7-9-27-8-6-14(15)3-5-17(19)22/h2-5,10,12,27-28H,6-9,11H2,1H3,(H,29,30)/t12-/m1/s1. The Morgan fingerprint density at radius 3 is 2.63 bits per heavy atom. The Kier molecular flexibility index (Phi) is 6.88. The first kappa shape index (κ1) is 22.4. The van der Waals surface area contributed by atoms with E-state index in [-0.39, 0.29) is 6.54 Å². The fourth-order valence-corrected chi connectivity index (χ4v) is 3.58. The number of anilines is 1. The molecule has 1 amide bonds. The van der Waals surface area contributed by atoms with Gasteiger partial charge < -0.3 is 16.0 Å². The minimum absolute atomic E-state index is 0.251. The molecular weight excluding hydrogens is 422 g/mol. The minimum atomic E-state index is -4.60. The van der Waals surface area contributed by atoms with Crippen molar-refractivity contribution in [3.05, 3.63) is 63.4 Å². The minimum Gasteiger partial charge on any atom is -0.380 e.